The van der Waals surface area contributed by atoms with Crippen molar-refractivity contribution in [2.45, 2.75) is 51.6 Å². The van der Waals surface area contributed by atoms with Gasteiger partial charge < -0.3 is 10.1 Å². The van der Waals surface area contributed by atoms with Crippen LogP contribution in [0.1, 0.15) is 45.4 Å². The maximum atomic E-state index is 13.4. The van der Waals surface area contributed by atoms with Crippen molar-refractivity contribution >= 4 is 17.6 Å². The van der Waals surface area contributed by atoms with E-state index in [1.54, 1.807) is 6.07 Å². The number of esters is 1. The number of para-hydroxylation sites is 1. The van der Waals surface area contributed by atoms with Crippen molar-refractivity contribution < 1.29 is 18.7 Å². The molecule has 0 spiro atoms. The van der Waals surface area contributed by atoms with Crippen molar-refractivity contribution in [2.24, 2.45) is 5.92 Å². The first-order valence-corrected chi connectivity index (χ1v) is 7.81. The van der Waals surface area contributed by atoms with E-state index in [-0.39, 0.29) is 11.7 Å². The summed E-state index contributed by atoms with van der Waals surface area (Å²) in [6.07, 6.45) is 5.05. The van der Waals surface area contributed by atoms with Crippen LogP contribution in [0.4, 0.5) is 10.1 Å². The molecule has 4 nitrogen and oxygen atoms in total. The fourth-order valence-electron chi connectivity index (χ4n) is 2.73. The van der Waals surface area contributed by atoms with E-state index in [1.165, 1.54) is 50.8 Å². The third-order valence-electron chi connectivity index (χ3n) is 4.04. The molecule has 1 aromatic carbocycles. The van der Waals surface area contributed by atoms with Crippen LogP contribution >= 0.6 is 0 Å². The number of rotatable bonds is 6. The molecule has 0 radical (unpaired) electrons. The van der Waals surface area contributed by atoms with E-state index in [0.717, 1.165) is 6.42 Å². The number of hydrogen-bond acceptors (Lipinski definition) is 3. The van der Waals surface area contributed by atoms with Gasteiger partial charge in [-0.15, -0.1) is 0 Å². The molecule has 0 bridgehead atoms. The molecule has 22 heavy (non-hydrogen) atoms. The first-order valence-electron chi connectivity index (χ1n) is 7.81. The molecular weight excluding hydrogens is 285 g/mol. The molecule has 1 saturated carbocycles. The number of hydrogen-bond donors (Lipinski definition) is 1. The summed E-state index contributed by atoms with van der Waals surface area (Å²) in [6.45, 7) is 1.49. The molecule has 1 amide bonds. The minimum Gasteiger partial charge on any atom is -0.453 e. The maximum Gasteiger partial charge on any atom is 0.306 e. The fourth-order valence-corrected chi connectivity index (χ4v) is 2.73. The van der Waals surface area contributed by atoms with E-state index < -0.39 is 17.8 Å². The van der Waals surface area contributed by atoms with E-state index in [0.29, 0.717) is 12.3 Å². The van der Waals surface area contributed by atoms with Gasteiger partial charge in [-0.1, -0.05) is 37.8 Å². The van der Waals surface area contributed by atoms with Crippen molar-refractivity contribution in [3.05, 3.63) is 30.1 Å². The standard InChI is InChI=1S/C17H22FNO3/c1-12(17(21)19-15-9-5-4-8-14(15)18)22-16(20)11-10-13-6-2-3-7-13/h4-5,8-9,12-13H,2-3,6-7,10-11H2,1H3,(H,19,21). The van der Waals surface area contributed by atoms with E-state index in [9.17, 15) is 14.0 Å². The lowest BCUT2D eigenvalue weighted by Crippen LogP contribution is -2.30. The summed E-state index contributed by atoms with van der Waals surface area (Å²) < 4.78 is 18.6. The number of amides is 1. The van der Waals surface area contributed by atoms with E-state index in [4.69, 9.17) is 4.74 Å². The highest BCUT2D eigenvalue weighted by molar-refractivity contribution is 5.95. The number of benzene rings is 1. The summed E-state index contributed by atoms with van der Waals surface area (Å²) in [5, 5.41) is 2.42. The zero-order valence-electron chi connectivity index (χ0n) is 12.8. The third kappa shape index (κ3) is 4.83. The summed E-state index contributed by atoms with van der Waals surface area (Å²) in [4.78, 5) is 23.7. The van der Waals surface area contributed by atoms with Gasteiger partial charge in [0.2, 0.25) is 0 Å². The first-order chi connectivity index (χ1) is 10.6. The van der Waals surface area contributed by atoms with Crippen LogP contribution in [-0.2, 0) is 14.3 Å². The van der Waals surface area contributed by atoms with E-state index >= 15 is 0 Å². The van der Waals surface area contributed by atoms with E-state index in [1.807, 2.05) is 0 Å². The average molecular weight is 307 g/mol. The van der Waals surface area contributed by atoms with Crippen LogP contribution in [0.3, 0.4) is 0 Å². The lowest BCUT2D eigenvalue weighted by Gasteiger charge is -2.14. The summed E-state index contributed by atoms with van der Waals surface area (Å²) >= 11 is 0. The van der Waals surface area contributed by atoms with E-state index in [2.05, 4.69) is 5.32 Å². The summed E-state index contributed by atoms with van der Waals surface area (Å²) in [5.74, 6) is -0.812. The largest absolute Gasteiger partial charge is 0.453 e. The van der Waals surface area contributed by atoms with Crippen molar-refractivity contribution in [3.63, 3.8) is 0 Å². The Labute approximate surface area is 130 Å². The molecule has 0 aromatic heterocycles. The number of carbonyl (C=O) groups is 2. The molecule has 1 atom stereocenters. The van der Waals surface area contributed by atoms with Crippen LogP contribution in [0.2, 0.25) is 0 Å². The van der Waals surface area contributed by atoms with Crippen molar-refractivity contribution in [1.82, 2.24) is 0 Å². The van der Waals surface area contributed by atoms with Crippen LogP contribution in [-0.4, -0.2) is 18.0 Å². The number of carbonyl (C=O) groups excluding carboxylic acids is 2. The topological polar surface area (TPSA) is 55.4 Å². The van der Waals surface area contributed by atoms with Gasteiger partial charge in [0.1, 0.15) is 5.82 Å². The Hall–Kier alpha value is -1.91. The minimum atomic E-state index is -0.935. The predicted molar refractivity (Wildman–Crippen MR) is 81.8 cm³/mol. The molecule has 1 N–H and O–H groups in total. The van der Waals surface area contributed by atoms with Crippen LogP contribution in [0.15, 0.2) is 24.3 Å². The fraction of sp³-hybridized carbons (Fsp3) is 0.529. The average Bonchev–Trinajstić information content (AvgIpc) is 3.00. The Morgan fingerprint density at radius 3 is 2.68 bits per heavy atom. The minimum absolute atomic E-state index is 0.0846. The molecule has 2 rings (SSSR count). The van der Waals surface area contributed by atoms with Gasteiger partial charge in [0.05, 0.1) is 5.69 Å². The van der Waals surface area contributed by atoms with Crippen molar-refractivity contribution in [3.8, 4) is 0 Å². The highest BCUT2D eigenvalue weighted by Gasteiger charge is 2.21. The zero-order chi connectivity index (χ0) is 15.9. The van der Waals surface area contributed by atoms with Gasteiger partial charge in [0.25, 0.3) is 5.91 Å². The molecule has 1 aliphatic rings. The smallest absolute Gasteiger partial charge is 0.306 e. The van der Waals surface area contributed by atoms with Crippen LogP contribution in [0.5, 0.6) is 0 Å². The van der Waals surface area contributed by atoms with Gasteiger partial charge in [-0.25, -0.2) is 4.39 Å². The maximum absolute atomic E-state index is 13.4. The second-order valence-corrected chi connectivity index (χ2v) is 5.79. The lowest BCUT2D eigenvalue weighted by molar-refractivity contribution is -0.153. The molecule has 1 fully saturated rings. The molecule has 0 aliphatic heterocycles. The number of halogens is 1. The van der Waals surface area contributed by atoms with Gasteiger partial charge in [-0.2, -0.15) is 0 Å². The van der Waals surface area contributed by atoms with Crippen LogP contribution in [0.25, 0.3) is 0 Å². The molecule has 1 aliphatic carbocycles. The molecule has 1 aromatic rings. The number of nitrogens with one attached hydrogen (secondary N) is 1. The second kappa shape index (κ2) is 7.92. The highest BCUT2D eigenvalue weighted by Crippen LogP contribution is 2.28. The zero-order valence-corrected chi connectivity index (χ0v) is 12.8. The predicted octanol–water partition coefficient (Wildman–Crippen LogP) is 3.67. The monoisotopic (exact) mass is 307 g/mol. The van der Waals surface area contributed by atoms with Gasteiger partial charge in [-0.3, -0.25) is 9.59 Å². The summed E-state index contributed by atoms with van der Waals surface area (Å²) in [6, 6.07) is 5.88. The Kier molecular flexibility index (Phi) is 5.92. The molecule has 120 valence electrons. The summed E-state index contributed by atoms with van der Waals surface area (Å²) in [7, 11) is 0. The molecule has 1 unspecified atom stereocenters. The third-order valence-corrected chi connectivity index (χ3v) is 4.04. The van der Waals surface area contributed by atoms with Gasteiger partial charge in [0, 0.05) is 6.42 Å². The molecule has 0 heterocycles. The molecular formula is C17H22FNO3. The Morgan fingerprint density at radius 1 is 1.32 bits per heavy atom. The number of anilines is 1. The van der Waals surface area contributed by atoms with Gasteiger partial charge >= 0.3 is 5.97 Å². The molecule has 5 heteroatoms. The van der Waals surface area contributed by atoms with Gasteiger partial charge in [0.15, 0.2) is 6.10 Å². The van der Waals surface area contributed by atoms with Crippen LogP contribution in [0, 0.1) is 11.7 Å². The SMILES string of the molecule is CC(OC(=O)CCC1CCCC1)C(=O)Nc1ccccc1F. The Bertz CT molecular complexity index is 526. The van der Waals surface area contributed by atoms with Gasteiger partial charge in [-0.05, 0) is 31.4 Å². The first kappa shape index (κ1) is 16.5. The Morgan fingerprint density at radius 2 is 2.00 bits per heavy atom. The quantitative estimate of drug-likeness (QED) is 0.816. The number of ether oxygens (including phenoxy) is 1. The van der Waals surface area contributed by atoms with Crippen molar-refractivity contribution in [2.75, 3.05) is 5.32 Å². The lowest BCUT2D eigenvalue weighted by atomic mass is 10.0. The highest BCUT2D eigenvalue weighted by atomic mass is 19.1. The van der Waals surface area contributed by atoms with Crippen molar-refractivity contribution in [1.29, 1.82) is 0 Å². The molecule has 0 saturated heterocycles. The summed E-state index contributed by atoms with van der Waals surface area (Å²) in [5.41, 5.74) is 0.0846. The van der Waals surface area contributed by atoms with Crippen LogP contribution < -0.4 is 5.32 Å². The second-order valence-electron chi connectivity index (χ2n) is 5.79. The Balaban J connectivity index is 1.75. The normalized spacial score (nSPS) is 16.3.